The summed E-state index contributed by atoms with van der Waals surface area (Å²) in [6, 6.07) is 0. The Morgan fingerprint density at radius 1 is 1.40 bits per heavy atom. The summed E-state index contributed by atoms with van der Waals surface area (Å²) < 4.78 is 1.07. The van der Waals surface area contributed by atoms with Crippen LogP contribution in [0.25, 0.3) is 0 Å². The van der Waals surface area contributed by atoms with Crippen LogP contribution in [-0.4, -0.2) is 42.9 Å². The van der Waals surface area contributed by atoms with Gasteiger partial charge in [0.05, 0.1) is 33.3 Å². The maximum atomic E-state index is 9.40. The molecule has 0 saturated carbocycles. The molecule has 2 heteroatoms. The van der Waals surface area contributed by atoms with Crippen molar-refractivity contribution in [1.82, 2.24) is 0 Å². The normalized spacial score (nSPS) is 39.6. The number of piperidine rings is 1. The molecule has 0 amide bonds. The first-order valence-electron chi connectivity index (χ1n) is 4.01. The molecular weight excluding hydrogens is 126 g/mol. The Morgan fingerprint density at radius 3 is 2.40 bits per heavy atom. The second kappa shape index (κ2) is 2.51. The third-order valence-corrected chi connectivity index (χ3v) is 2.47. The van der Waals surface area contributed by atoms with Crippen LogP contribution in [0.3, 0.4) is 0 Å². The number of aliphatic hydroxyl groups is 1. The van der Waals surface area contributed by atoms with E-state index in [9.17, 15) is 5.11 Å². The average Bonchev–Trinajstić information content (AvgIpc) is 1.79. The van der Waals surface area contributed by atoms with Crippen LogP contribution in [0.5, 0.6) is 0 Å². The fraction of sp³-hybridized carbons (Fsp3) is 1.00. The zero-order valence-corrected chi connectivity index (χ0v) is 7.17. The van der Waals surface area contributed by atoms with Gasteiger partial charge in [-0.15, -0.1) is 0 Å². The van der Waals surface area contributed by atoms with Gasteiger partial charge in [-0.25, -0.2) is 0 Å². The minimum atomic E-state index is -0.0499. The van der Waals surface area contributed by atoms with E-state index >= 15 is 0 Å². The fourth-order valence-corrected chi connectivity index (χ4v) is 1.76. The smallest absolute Gasteiger partial charge is 0.0833 e. The van der Waals surface area contributed by atoms with Crippen molar-refractivity contribution >= 4 is 0 Å². The van der Waals surface area contributed by atoms with E-state index < -0.39 is 0 Å². The molecule has 1 aliphatic rings. The van der Waals surface area contributed by atoms with Crippen molar-refractivity contribution in [2.24, 2.45) is 5.92 Å². The molecular formula is C8H18NO+. The third-order valence-electron chi connectivity index (χ3n) is 2.47. The molecule has 2 nitrogen and oxygen atoms in total. The fourth-order valence-electron chi connectivity index (χ4n) is 1.76. The molecule has 0 aromatic carbocycles. The summed E-state index contributed by atoms with van der Waals surface area (Å²) in [7, 11) is 4.45. The number of aliphatic hydroxyl groups excluding tert-OH is 1. The van der Waals surface area contributed by atoms with Gasteiger partial charge in [0.25, 0.3) is 0 Å². The molecule has 1 aliphatic heterocycles. The Balaban J connectivity index is 2.49. The molecule has 1 N–H and O–H groups in total. The Morgan fingerprint density at radius 2 is 2.00 bits per heavy atom. The summed E-state index contributed by atoms with van der Waals surface area (Å²) >= 11 is 0. The van der Waals surface area contributed by atoms with Gasteiger partial charge in [0, 0.05) is 12.3 Å². The molecule has 1 unspecified atom stereocenters. The number of quaternary nitrogens is 1. The predicted octanol–water partition coefficient (Wildman–Crippen LogP) is 0.464. The van der Waals surface area contributed by atoms with Gasteiger partial charge in [0.15, 0.2) is 0 Å². The molecule has 1 saturated heterocycles. The summed E-state index contributed by atoms with van der Waals surface area (Å²) in [5.74, 6) is 0.476. The Bertz CT molecular complexity index is 122. The van der Waals surface area contributed by atoms with Crippen LogP contribution in [0, 0.1) is 5.92 Å². The van der Waals surface area contributed by atoms with Crippen LogP contribution in [0.15, 0.2) is 0 Å². The molecule has 10 heavy (non-hydrogen) atoms. The molecule has 1 fully saturated rings. The van der Waals surface area contributed by atoms with Crippen molar-refractivity contribution in [3.05, 3.63) is 0 Å². The van der Waals surface area contributed by atoms with E-state index in [4.69, 9.17) is 0 Å². The second-order valence-electron chi connectivity index (χ2n) is 4.18. The highest BCUT2D eigenvalue weighted by atomic mass is 16.3. The zero-order valence-electron chi connectivity index (χ0n) is 7.17. The largest absolute Gasteiger partial charge is 0.392 e. The van der Waals surface area contributed by atoms with Crippen LogP contribution >= 0.6 is 0 Å². The van der Waals surface area contributed by atoms with Crippen LogP contribution < -0.4 is 0 Å². The average molecular weight is 144 g/mol. The number of hydrogen-bond acceptors (Lipinski definition) is 1. The molecule has 1 rings (SSSR count). The first-order valence-corrected chi connectivity index (χ1v) is 4.01. The third kappa shape index (κ3) is 1.70. The molecule has 2 atom stereocenters. The highest BCUT2D eigenvalue weighted by Gasteiger charge is 2.30. The Labute approximate surface area is 63.1 Å². The summed E-state index contributed by atoms with van der Waals surface area (Å²) in [6.07, 6.45) is 0.917. The molecule has 0 aliphatic carbocycles. The van der Waals surface area contributed by atoms with Gasteiger partial charge in [0.2, 0.25) is 0 Å². The summed E-state index contributed by atoms with van der Waals surface area (Å²) in [6.45, 7) is 4.36. The summed E-state index contributed by atoms with van der Waals surface area (Å²) in [5.41, 5.74) is 0. The van der Waals surface area contributed by atoms with Crippen molar-refractivity contribution in [3.8, 4) is 0 Å². The Kier molecular flexibility index (Phi) is 2.02. The Hall–Kier alpha value is -0.0800. The lowest BCUT2D eigenvalue weighted by Gasteiger charge is -2.39. The minimum absolute atomic E-state index is 0.0499. The lowest BCUT2D eigenvalue weighted by molar-refractivity contribution is -0.899. The van der Waals surface area contributed by atoms with E-state index in [1.807, 2.05) is 0 Å². The van der Waals surface area contributed by atoms with E-state index in [1.54, 1.807) is 0 Å². The van der Waals surface area contributed by atoms with Crippen LogP contribution in [0.4, 0.5) is 0 Å². The molecule has 0 aromatic rings. The van der Waals surface area contributed by atoms with Gasteiger partial charge in [-0.05, 0) is 0 Å². The topological polar surface area (TPSA) is 20.2 Å². The molecule has 0 bridgehead atoms. The van der Waals surface area contributed by atoms with Crippen molar-refractivity contribution in [3.63, 3.8) is 0 Å². The molecule has 0 radical (unpaired) electrons. The summed E-state index contributed by atoms with van der Waals surface area (Å²) in [4.78, 5) is 0. The van der Waals surface area contributed by atoms with Crippen molar-refractivity contribution in [1.29, 1.82) is 0 Å². The van der Waals surface area contributed by atoms with E-state index in [2.05, 4.69) is 21.0 Å². The van der Waals surface area contributed by atoms with Crippen LogP contribution in [0.2, 0.25) is 0 Å². The SMILES string of the molecule is CC1C[N+](C)(C)CC[C@H]1O. The maximum Gasteiger partial charge on any atom is 0.0833 e. The number of hydrogen-bond donors (Lipinski definition) is 1. The molecule has 0 aromatic heterocycles. The van der Waals surface area contributed by atoms with Crippen molar-refractivity contribution in [2.45, 2.75) is 19.4 Å². The summed E-state index contributed by atoms with van der Waals surface area (Å²) in [5, 5.41) is 9.40. The van der Waals surface area contributed by atoms with Gasteiger partial charge in [-0.3, -0.25) is 0 Å². The second-order valence-corrected chi connectivity index (χ2v) is 4.18. The number of rotatable bonds is 0. The number of likely N-dealkylation sites (tertiary alicyclic amines) is 1. The van der Waals surface area contributed by atoms with Crippen molar-refractivity contribution < 1.29 is 9.59 Å². The van der Waals surface area contributed by atoms with E-state index in [1.165, 1.54) is 0 Å². The standard InChI is InChI=1S/C8H18NO/c1-7-6-9(2,3)5-4-8(7)10/h7-8,10H,4-6H2,1-3H3/q+1/t7?,8-/m1/s1. The van der Waals surface area contributed by atoms with E-state index in [0.717, 1.165) is 24.0 Å². The lowest BCUT2D eigenvalue weighted by atomic mass is 9.96. The van der Waals surface area contributed by atoms with Crippen LogP contribution in [0.1, 0.15) is 13.3 Å². The highest BCUT2D eigenvalue weighted by Crippen LogP contribution is 2.19. The van der Waals surface area contributed by atoms with Crippen LogP contribution in [-0.2, 0) is 0 Å². The maximum absolute atomic E-state index is 9.40. The van der Waals surface area contributed by atoms with Gasteiger partial charge in [-0.1, -0.05) is 6.92 Å². The minimum Gasteiger partial charge on any atom is -0.392 e. The molecule has 1 heterocycles. The first kappa shape index (κ1) is 8.02. The molecule has 60 valence electrons. The number of nitrogens with zero attached hydrogens (tertiary/aromatic N) is 1. The monoisotopic (exact) mass is 144 g/mol. The highest BCUT2D eigenvalue weighted by molar-refractivity contribution is 4.68. The van der Waals surface area contributed by atoms with E-state index in [0.29, 0.717) is 5.92 Å². The van der Waals surface area contributed by atoms with Gasteiger partial charge < -0.3 is 9.59 Å². The predicted molar refractivity (Wildman–Crippen MR) is 41.6 cm³/mol. The van der Waals surface area contributed by atoms with E-state index in [-0.39, 0.29) is 6.10 Å². The van der Waals surface area contributed by atoms with Crippen molar-refractivity contribution in [2.75, 3.05) is 27.2 Å². The van der Waals surface area contributed by atoms with Gasteiger partial charge in [0.1, 0.15) is 0 Å². The quantitative estimate of drug-likeness (QED) is 0.490. The zero-order chi connectivity index (χ0) is 7.78. The van der Waals surface area contributed by atoms with Gasteiger partial charge >= 0.3 is 0 Å². The lowest BCUT2D eigenvalue weighted by Crippen LogP contribution is -2.51. The molecule has 0 spiro atoms. The first-order chi connectivity index (χ1) is 4.51. The van der Waals surface area contributed by atoms with Gasteiger partial charge in [-0.2, -0.15) is 0 Å².